The Hall–Kier alpha value is -1.51. The molecule has 0 atom stereocenters. The second kappa shape index (κ2) is 6.29. The second-order valence-electron chi connectivity index (χ2n) is 6.27. The summed E-state index contributed by atoms with van der Waals surface area (Å²) in [5.41, 5.74) is 3.61. The molecule has 20 heavy (non-hydrogen) atoms. The van der Waals surface area contributed by atoms with E-state index >= 15 is 0 Å². The predicted octanol–water partition coefficient (Wildman–Crippen LogP) is 3.00. The van der Waals surface area contributed by atoms with E-state index < -0.39 is 0 Å². The molecule has 1 heterocycles. The van der Waals surface area contributed by atoms with Crippen LogP contribution in [0, 0.1) is 19.8 Å². The molecule has 1 aliphatic rings. The first kappa shape index (κ1) is 14.9. The number of carbonyl (C=O) groups is 1. The molecule has 3 heteroatoms. The van der Waals surface area contributed by atoms with Crippen LogP contribution in [0.1, 0.15) is 30.9 Å². The van der Waals surface area contributed by atoms with Gasteiger partial charge in [-0.1, -0.05) is 13.0 Å². The summed E-state index contributed by atoms with van der Waals surface area (Å²) in [6.07, 6.45) is 2.28. The number of nitrogens with zero attached hydrogens (tertiary/aromatic N) is 2. The number of hydrogen-bond acceptors (Lipinski definition) is 2. The maximum Gasteiger partial charge on any atom is 0.242 e. The van der Waals surface area contributed by atoms with E-state index in [9.17, 15) is 4.79 Å². The molecule has 1 fully saturated rings. The molecule has 0 unspecified atom stereocenters. The van der Waals surface area contributed by atoms with E-state index in [0.29, 0.717) is 6.54 Å². The lowest BCUT2D eigenvalue weighted by molar-refractivity contribution is -0.130. The maximum absolute atomic E-state index is 12.3. The van der Waals surface area contributed by atoms with Crippen LogP contribution in [-0.4, -0.2) is 37.5 Å². The highest BCUT2D eigenvalue weighted by Crippen LogP contribution is 2.19. The molecule has 1 saturated heterocycles. The van der Waals surface area contributed by atoms with Crippen molar-refractivity contribution in [1.82, 2.24) is 4.90 Å². The van der Waals surface area contributed by atoms with Crippen LogP contribution in [0.15, 0.2) is 18.2 Å². The highest BCUT2D eigenvalue weighted by atomic mass is 16.2. The number of hydrogen-bond donors (Lipinski definition) is 0. The topological polar surface area (TPSA) is 23.6 Å². The van der Waals surface area contributed by atoms with E-state index in [-0.39, 0.29) is 5.91 Å². The van der Waals surface area contributed by atoms with Gasteiger partial charge in [0, 0.05) is 25.8 Å². The molecule has 0 aromatic heterocycles. The van der Waals surface area contributed by atoms with Crippen molar-refractivity contribution in [2.75, 3.05) is 31.6 Å². The Bertz CT molecular complexity index is 456. The average Bonchev–Trinajstić information content (AvgIpc) is 2.38. The van der Waals surface area contributed by atoms with Crippen LogP contribution in [0.3, 0.4) is 0 Å². The molecule has 1 aliphatic heterocycles. The van der Waals surface area contributed by atoms with E-state index in [1.807, 2.05) is 11.9 Å². The van der Waals surface area contributed by atoms with Gasteiger partial charge in [-0.2, -0.15) is 0 Å². The first-order valence-corrected chi connectivity index (χ1v) is 7.53. The van der Waals surface area contributed by atoms with Gasteiger partial charge in [0.2, 0.25) is 5.91 Å². The van der Waals surface area contributed by atoms with Crippen LogP contribution in [0.4, 0.5) is 5.69 Å². The average molecular weight is 274 g/mol. The van der Waals surface area contributed by atoms with Crippen molar-refractivity contribution in [3.05, 3.63) is 29.3 Å². The zero-order valence-electron chi connectivity index (χ0n) is 13.1. The fraction of sp³-hybridized carbons (Fsp3) is 0.588. The minimum Gasteiger partial charge on any atom is -0.365 e. The Morgan fingerprint density at radius 2 is 1.75 bits per heavy atom. The fourth-order valence-corrected chi connectivity index (χ4v) is 2.82. The van der Waals surface area contributed by atoms with Gasteiger partial charge in [-0.25, -0.2) is 0 Å². The van der Waals surface area contributed by atoms with Crippen molar-refractivity contribution in [1.29, 1.82) is 0 Å². The normalized spacial score (nSPS) is 16.3. The van der Waals surface area contributed by atoms with Crippen LogP contribution >= 0.6 is 0 Å². The van der Waals surface area contributed by atoms with Crippen LogP contribution in [0.5, 0.6) is 0 Å². The standard InChI is InChI=1S/C17H26N2O/c1-13-5-7-19(8-6-13)17(20)12-18(4)16-10-14(2)9-15(3)11-16/h9-11,13H,5-8,12H2,1-4H3. The molecule has 110 valence electrons. The molecular weight excluding hydrogens is 248 g/mol. The van der Waals surface area contributed by atoms with Gasteiger partial charge in [0.25, 0.3) is 0 Å². The highest BCUT2D eigenvalue weighted by Gasteiger charge is 2.21. The highest BCUT2D eigenvalue weighted by molar-refractivity contribution is 5.81. The van der Waals surface area contributed by atoms with Gasteiger partial charge in [0.05, 0.1) is 6.54 Å². The fourth-order valence-electron chi connectivity index (χ4n) is 2.82. The summed E-state index contributed by atoms with van der Waals surface area (Å²) in [4.78, 5) is 16.4. The molecule has 0 bridgehead atoms. The van der Waals surface area contributed by atoms with Crippen LogP contribution < -0.4 is 4.90 Å². The lowest BCUT2D eigenvalue weighted by Gasteiger charge is -2.32. The third kappa shape index (κ3) is 3.75. The van der Waals surface area contributed by atoms with E-state index in [1.165, 1.54) is 11.1 Å². The van der Waals surface area contributed by atoms with Crippen molar-refractivity contribution in [3.8, 4) is 0 Å². The number of amides is 1. The minimum atomic E-state index is 0.249. The Morgan fingerprint density at radius 1 is 1.20 bits per heavy atom. The summed E-state index contributed by atoms with van der Waals surface area (Å²) in [6.45, 7) is 8.76. The molecule has 1 aromatic rings. The van der Waals surface area contributed by atoms with Crippen molar-refractivity contribution in [2.24, 2.45) is 5.92 Å². The molecule has 2 rings (SSSR count). The molecule has 0 radical (unpaired) electrons. The lowest BCUT2D eigenvalue weighted by Crippen LogP contribution is -2.43. The van der Waals surface area contributed by atoms with Crippen molar-refractivity contribution >= 4 is 11.6 Å². The van der Waals surface area contributed by atoms with Gasteiger partial charge in [-0.05, 0) is 55.9 Å². The lowest BCUT2D eigenvalue weighted by atomic mass is 9.99. The van der Waals surface area contributed by atoms with E-state index in [2.05, 4.69) is 43.9 Å². The van der Waals surface area contributed by atoms with Gasteiger partial charge in [-0.15, -0.1) is 0 Å². The number of benzene rings is 1. The number of aryl methyl sites for hydroxylation is 2. The summed E-state index contributed by atoms with van der Waals surface area (Å²) in [7, 11) is 2.00. The number of carbonyl (C=O) groups excluding carboxylic acids is 1. The largest absolute Gasteiger partial charge is 0.365 e. The summed E-state index contributed by atoms with van der Waals surface area (Å²) < 4.78 is 0. The molecule has 0 saturated carbocycles. The van der Waals surface area contributed by atoms with Gasteiger partial charge in [-0.3, -0.25) is 4.79 Å². The third-order valence-electron chi connectivity index (χ3n) is 4.16. The third-order valence-corrected chi connectivity index (χ3v) is 4.16. The molecule has 1 aromatic carbocycles. The smallest absolute Gasteiger partial charge is 0.242 e. The molecule has 0 aliphatic carbocycles. The summed E-state index contributed by atoms with van der Waals surface area (Å²) in [5, 5.41) is 0. The Morgan fingerprint density at radius 3 is 2.30 bits per heavy atom. The second-order valence-corrected chi connectivity index (χ2v) is 6.27. The monoisotopic (exact) mass is 274 g/mol. The minimum absolute atomic E-state index is 0.249. The SMILES string of the molecule is Cc1cc(C)cc(N(C)CC(=O)N2CCC(C)CC2)c1. The number of likely N-dealkylation sites (tertiary alicyclic amines) is 1. The molecular formula is C17H26N2O. The van der Waals surface area contributed by atoms with Crippen molar-refractivity contribution in [2.45, 2.75) is 33.6 Å². The summed E-state index contributed by atoms with van der Waals surface area (Å²) in [5.74, 6) is 1.01. The van der Waals surface area contributed by atoms with E-state index in [4.69, 9.17) is 0 Å². The van der Waals surface area contributed by atoms with Gasteiger partial charge in [0.15, 0.2) is 0 Å². The Kier molecular flexibility index (Phi) is 4.69. The predicted molar refractivity (Wildman–Crippen MR) is 84.2 cm³/mol. The van der Waals surface area contributed by atoms with Crippen LogP contribution in [-0.2, 0) is 4.79 Å². The van der Waals surface area contributed by atoms with Gasteiger partial charge < -0.3 is 9.80 Å². The van der Waals surface area contributed by atoms with Gasteiger partial charge in [0.1, 0.15) is 0 Å². The summed E-state index contributed by atoms with van der Waals surface area (Å²) in [6, 6.07) is 6.43. The Balaban J connectivity index is 1.96. The zero-order chi connectivity index (χ0) is 14.7. The first-order valence-electron chi connectivity index (χ1n) is 7.53. The van der Waals surface area contributed by atoms with E-state index in [1.54, 1.807) is 0 Å². The number of anilines is 1. The van der Waals surface area contributed by atoms with Gasteiger partial charge >= 0.3 is 0 Å². The van der Waals surface area contributed by atoms with Crippen molar-refractivity contribution < 1.29 is 4.79 Å². The molecule has 0 spiro atoms. The number of piperidine rings is 1. The maximum atomic E-state index is 12.3. The molecule has 3 nitrogen and oxygen atoms in total. The quantitative estimate of drug-likeness (QED) is 0.846. The molecule has 0 N–H and O–H groups in total. The van der Waals surface area contributed by atoms with Crippen LogP contribution in [0.25, 0.3) is 0 Å². The Labute approximate surface area is 122 Å². The zero-order valence-corrected chi connectivity index (χ0v) is 13.1. The summed E-state index contributed by atoms with van der Waals surface area (Å²) >= 11 is 0. The number of rotatable bonds is 3. The van der Waals surface area contributed by atoms with Crippen molar-refractivity contribution in [3.63, 3.8) is 0 Å². The van der Waals surface area contributed by atoms with E-state index in [0.717, 1.165) is 37.5 Å². The molecule has 1 amide bonds. The van der Waals surface area contributed by atoms with Crippen LogP contribution in [0.2, 0.25) is 0 Å². The number of likely N-dealkylation sites (N-methyl/N-ethyl adjacent to an activating group) is 1. The first-order chi connectivity index (χ1) is 9.45.